The second kappa shape index (κ2) is 12.2. The molecule has 0 aromatic rings. The predicted molar refractivity (Wildman–Crippen MR) is 105 cm³/mol. The second-order valence-electron chi connectivity index (χ2n) is 8.52. The molecule has 0 spiro atoms. The molecule has 0 saturated heterocycles. The van der Waals surface area contributed by atoms with Gasteiger partial charge in [0.15, 0.2) is 8.32 Å². The van der Waals surface area contributed by atoms with E-state index in [2.05, 4.69) is 40.8 Å². The SMILES string of the molecule is CCCCCCCCCCC[C@@H](CC=O)O[Si](C)(C)C(C)(C)C. The van der Waals surface area contributed by atoms with Gasteiger partial charge in [-0.1, -0.05) is 85.5 Å². The van der Waals surface area contributed by atoms with Gasteiger partial charge in [0, 0.05) is 6.42 Å². The molecule has 0 aromatic heterocycles. The minimum absolute atomic E-state index is 0.137. The van der Waals surface area contributed by atoms with Crippen LogP contribution < -0.4 is 0 Å². The lowest BCUT2D eigenvalue weighted by Gasteiger charge is -2.39. The Morgan fingerprint density at radius 1 is 0.913 bits per heavy atom. The molecule has 0 radical (unpaired) electrons. The third kappa shape index (κ3) is 11.1. The Morgan fingerprint density at radius 3 is 1.83 bits per heavy atom. The number of hydrogen-bond acceptors (Lipinski definition) is 2. The highest BCUT2D eigenvalue weighted by Crippen LogP contribution is 2.38. The van der Waals surface area contributed by atoms with Crippen molar-refractivity contribution in [2.24, 2.45) is 0 Å². The number of carbonyl (C=O) groups excluding carboxylic acids is 1. The summed E-state index contributed by atoms with van der Waals surface area (Å²) < 4.78 is 6.42. The number of carbonyl (C=O) groups is 1. The van der Waals surface area contributed by atoms with Crippen molar-refractivity contribution < 1.29 is 9.22 Å². The molecule has 0 aromatic carbocycles. The average Bonchev–Trinajstić information content (AvgIpc) is 2.44. The van der Waals surface area contributed by atoms with Crippen LogP contribution in [0.2, 0.25) is 18.1 Å². The minimum atomic E-state index is -1.76. The van der Waals surface area contributed by atoms with E-state index in [-0.39, 0.29) is 11.1 Å². The first-order valence-corrected chi connectivity index (χ1v) is 12.8. The Balaban J connectivity index is 3.91. The second-order valence-corrected chi connectivity index (χ2v) is 13.3. The summed E-state index contributed by atoms with van der Waals surface area (Å²) in [4.78, 5) is 10.9. The lowest BCUT2D eigenvalue weighted by Crippen LogP contribution is -2.44. The lowest BCUT2D eigenvalue weighted by atomic mass is 10.0. The summed E-state index contributed by atoms with van der Waals surface area (Å²) in [7, 11) is -1.76. The zero-order chi connectivity index (χ0) is 17.8. The van der Waals surface area contributed by atoms with E-state index in [0.717, 1.165) is 12.7 Å². The summed E-state index contributed by atoms with van der Waals surface area (Å²) >= 11 is 0. The van der Waals surface area contributed by atoms with E-state index in [1.54, 1.807) is 0 Å². The molecule has 0 rings (SSSR count). The number of rotatable bonds is 14. The third-order valence-corrected chi connectivity index (χ3v) is 9.79. The maximum Gasteiger partial charge on any atom is 0.192 e. The van der Waals surface area contributed by atoms with Gasteiger partial charge in [0.2, 0.25) is 0 Å². The van der Waals surface area contributed by atoms with Crippen LogP contribution in [0.1, 0.15) is 98.3 Å². The van der Waals surface area contributed by atoms with Gasteiger partial charge in [0.1, 0.15) is 6.29 Å². The van der Waals surface area contributed by atoms with Crippen LogP contribution in [0.25, 0.3) is 0 Å². The molecule has 0 unspecified atom stereocenters. The average molecular weight is 343 g/mol. The molecule has 0 aliphatic carbocycles. The van der Waals surface area contributed by atoms with Crippen molar-refractivity contribution in [3.05, 3.63) is 0 Å². The van der Waals surface area contributed by atoms with Crippen molar-refractivity contribution in [2.75, 3.05) is 0 Å². The van der Waals surface area contributed by atoms with Crippen LogP contribution in [-0.2, 0) is 9.22 Å². The molecular formula is C20H42O2Si. The summed E-state index contributed by atoms with van der Waals surface area (Å²) in [5.41, 5.74) is 0. The van der Waals surface area contributed by atoms with Gasteiger partial charge in [-0.3, -0.25) is 0 Å². The van der Waals surface area contributed by atoms with Crippen molar-refractivity contribution in [2.45, 2.75) is 123 Å². The summed E-state index contributed by atoms with van der Waals surface area (Å²) in [6.07, 6.45) is 14.8. The van der Waals surface area contributed by atoms with E-state index < -0.39 is 8.32 Å². The van der Waals surface area contributed by atoms with E-state index in [4.69, 9.17) is 4.43 Å². The molecule has 2 nitrogen and oxygen atoms in total. The van der Waals surface area contributed by atoms with Crippen molar-refractivity contribution in [3.63, 3.8) is 0 Å². The highest BCUT2D eigenvalue weighted by molar-refractivity contribution is 6.74. The molecule has 0 N–H and O–H groups in total. The van der Waals surface area contributed by atoms with Crippen LogP contribution in [0.15, 0.2) is 0 Å². The Kier molecular flexibility index (Phi) is 12.2. The predicted octanol–water partition coefficient (Wildman–Crippen LogP) is 6.89. The highest BCUT2D eigenvalue weighted by Gasteiger charge is 2.38. The largest absolute Gasteiger partial charge is 0.414 e. The van der Waals surface area contributed by atoms with E-state index in [9.17, 15) is 4.79 Å². The Bertz CT molecular complexity index is 295. The molecule has 0 aliphatic rings. The van der Waals surface area contributed by atoms with Gasteiger partial charge in [-0.05, 0) is 24.6 Å². The van der Waals surface area contributed by atoms with Crippen LogP contribution >= 0.6 is 0 Å². The van der Waals surface area contributed by atoms with E-state index in [1.165, 1.54) is 57.8 Å². The topological polar surface area (TPSA) is 26.3 Å². The van der Waals surface area contributed by atoms with Crippen LogP contribution in [0.3, 0.4) is 0 Å². The van der Waals surface area contributed by atoms with Crippen molar-refractivity contribution in [1.29, 1.82) is 0 Å². The maximum atomic E-state index is 10.9. The highest BCUT2D eigenvalue weighted by atomic mass is 28.4. The fourth-order valence-corrected chi connectivity index (χ4v) is 4.01. The van der Waals surface area contributed by atoms with Gasteiger partial charge in [-0.25, -0.2) is 0 Å². The van der Waals surface area contributed by atoms with E-state index >= 15 is 0 Å². The molecule has 0 fully saturated rings. The smallest absolute Gasteiger partial charge is 0.192 e. The Hall–Kier alpha value is -0.153. The monoisotopic (exact) mass is 342 g/mol. The molecule has 0 amide bonds. The van der Waals surface area contributed by atoms with Crippen LogP contribution in [0.5, 0.6) is 0 Å². The summed E-state index contributed by atoms with van der Waals surface area (Å²) in [6.45, 7) is 13.6. The summed E-state index contributed by atoms with van der Waals surface area (Å²) in [5, 5.41) is 0.215. The molecular weight excluding hydrogens is 300 g/mol. The van der Waals surface area contributed by atoms with Crippen molar-refractivity contribution in [3.8, 4) is 0 Å². The first-order chi connectivity index (χ1) is 10.7. The molecule has 0 aliphatic heterocycles. The van der Waals surface area contributed by atoms with Crippen LogP contribution in [0, 0.1) is 0 Å². The zero-order valence-electron chi connectivity index (χ0n) is 16.7. The molecule has 138 valence electrons. The zero-order valence-corrected chi connectivity index (χ0v) is 17.7. The van der Waals surface area contributed by atoms with Gasteiger partial charge in [-0.15, -0.1) is 0 Å². The number of hydrogen-bond donors (Lipinski definition) is 0. The first-order valence-electron chi connectivity index (χ1n) is 9.86. The quantitative estimate of drug-likeness (QED) is 0.195. The molecule has 0 saturated carbocycles. The van der Waals surface area contributed by atoms with Crippen molar-refractivity contribution >= 4 is 14.6 Å². The summed E-state index contributed by atoms with van der Waals surface area (Å²) in [6, 6.07) is 0. The van der Waals surface area contributed by atoms with Gasteiger partial charge in [0.05, 0.1) is 6.10 Å². The van der Waals surface area contributed by atoms with Gasteiger partial charge >= 0.3 is 0 Å². The molecule has 3 heteroatoms. The maximum absolute atomic E-state index is 10.9. The third-order valence-electron chi connectivity index (χ3n) is 5.26. The van der Waals surface area contributed by atoms with Crippen LogP contribution in [0.4, 0.5) is 0 Å². The Labute approximate surface area is 146 Å². The molecule has 1 atom stereocenters. The molecule has 0 bridgehead atoms. The van der Waals surface area contributed by atoms with Crippen LogP contribution in [-0.4, -0.2) is 20.7 Å². The fourth-order valence-electron chi connectivity index (χ4n) is 2.61. The van der Waals surface area contributed by atoms with Gasteiger partial charge < -0.3 is 9.22 Å². The Morgan fingerprint density at radius 2 is 1.39 bits per heavy atom. The van der Waals surface area contributed by atoms with Crippen molar-refractivity contribution in [1.82, 2.24) is 0 Å². The normalized spacial score (nSPS) is 14.0. The molecule has 0 heterocycles. The van der Waals surface area contributed by atoms with Gasteiger partial charge in [0.25, 0.3) is 0 Å². The first kappa shape index (κ1) is 22.8. The van der Waals surface area contributed by atoms with E-state index in [0.29, 0.717) is 6.42 Å². The standard InChI is InChI=1S/C20H42O2Si/c1-7-8-9-10-11-12-13-14-15-16-19(17-18-21)22-23(5,6)20(2,3)4/h18-19H,7-17H2,1-6H3/t19-/m0/s1. The fraction of sp³-hybridized carbons (Fsp3) is 0.950. The minimum Gasteiger partial charge on any atom is -0.414 e. The van der Waals surface area contributed by atoms with E-state index in [1.807, 2.05) is 0 Å². The number of unbranched alkanes of at least 4 members (excludes halogenated alkanes) is 8. The van der Waals surface area contributed by atoms with Gasteiger partial charge in [-0.2, -0.15) is 0 Å². The number of aldehydes is 1. The summed E-state index contributed by atoms with van der Waals surface area (Å²) in [5.74, 6) is 0. The molecule has 23 heavy (non-hydrogen) atoms. The lowest BCUT2D eigenvalue weighted by molar-refractivity contribution is -0.109.